The maximum Gasteiger partial charge on any atom is 0.251 e. The molecule has 0 fully saturated rings. The van der Waals surface area contributed by atoms with E-state index in [1.54, 1.807) is 12.3 Å². The van der Waals surface area contributed by atoms with Crippen LogP contribution in [-0.4, -0.2) is 15.0 Å². The lowest BCUT2D eigenvalue weighted by molar-refractivity contribution is 0.579. The van der Waals surface area contributed by atoms with Crippen LogP contribution in [0.1, 0.15) is 42.6 Å². The Balaban J connectivity index is 1.57. The molecule has 1 aliphatic rings. The summed E-state index contributed by atoms with van der Waals surface area (Å²) in [5.41, 5.74) is 3.53. The van der Waals surface area contributed by atoms with E-state index in [9.17, 15) is 9.18 Å². The van der Waals surface area contributed by atoms with Gasteiger partial charge >= 0.3 is 0 Å². The van der Waals surface area contributed by atoms with Gasteiger partial charge in [0.05, 0.1) is 6.04 Å². The van der Waals surface area contributed by atoms with Gasteiger partial charge in [0, 0.05) is 23.5 Å². The highest BCUT2D eigenvalue weighted by atomic mass is 19.1. The molecule has 0 bridgehead atoms. The number of pyridine rings is 1. The molecule has 1 unspecified atom stereocenters. The number of aromatic nitrogens is 3. The smallest absolute Gasteiger partial charge is 0.251 e. The molecular formula is C21H21FN4O. The number of fused-ring (bicyclic) bond motifs is 1. The Bertz CT molecular complexity index is 1010. The maximum atomic E-state index is 13.7. The molecule has 1 aromatic carbocycles. The molecule has 5 nitrogen and oxygen atoms in total. The molecule has 0 saturated carbocycles. The number of aryl methyl sites for hydroxylation is 2. The average molecular weight is 364 g/mol. The molecule has 0 amide bonds. The lowest BCUT2D eigenvalue weighted by Gasteiger charge is -2.27. The molecule has 4 rings (SSSR count). The van der Waals surface area contributed by atoms with Gasteiger partial charge in [0.1, 0.15) is 17.5 Å². The summed E-state index contributed by atoms with van der Waals surface area (Å²) in [5, 5.41) is 3.41. The fourth-order valence-electron chi connectivity index (χ4n) is 3.54. The predicted octanol–water partition coefficient (Wildman–Crippen LogP) is 4.02. The van der Waals surface area contributed by atoms with E-state index in [2.05, 4.69) is 20.3 Å². The third-order valence-electron chi connectivity index (χ3n) is 4.94. The van der Waals surface area contributed by atoms with Crippen LogP contribution in [0, 0.1) is 5.82 Å². The molecule has 1 aliphatic carbocycles. The van der Waals surface area contributed by atoms with Gasteiger partial charge in [-0.1, -0.05) is 13.0 Å². The fraction of sp³-hybridized carbons (Fsp3) is 0.286. The molecular weight excluding hydrogens is 343 g/mol. The molecule has 2 aromatic heterocycles. The Morgan fingerprint density at radius 1 is 1.26 bits per heavy atom. The van der Waals surface area contributed by atoms with Gasteiger partial charge in [0.25, 0.3) is 5.56 Å². The quantitative estimate of drug-likeness (QED) is 0.733. The van der Waals surface area contributed by atoms with Crippen LogP contribution in [0.15, 0.2) is 47.4 Å². The zero-order chi connectivity index (χ0) is 18.8. The summed E-state index contributed by atoms with van der Waals surface area (Å²) in [5.74, 6) is 1.02. The number of rotatable bonds is 4. The summed E-state index contributed by atoms with van der Waals surface area (Å²) in [6.45, 7) is 1.96. The summed E-state index contributed by atoms with van der Waals surface area (Å²) in [6, 6.07) is 10.3. The summed E-state index contributed by atoms with van der Waals surface area (Å²) < 4.78 is 13.7. The number of benzene rings is 1. The molecule has 0 aliphatic heterocycles. The van der Waals surface area contributed by atoms with Crippen LogP contribution >= 0.6 is 0 Å². The van der Waals surface area contributed by atoms with Crippen LogP contribution < -0.4 is 10.9 Å². The summed E-state index contributed by atoms with van der Waals surface area (Å²) in [4.78, 5) is 23.4. The van der Waals surface area contributed by atoms with Gasteiger partial charge in [-0.2, -0.15) is 0 Å². The molecule has 2 N–H and O–H groups in total. The van der Waals surface area contributed by atoms with Gasteiger partial charge in [-0.25, -0.2) is 14.4 Å². The topological polar surface area (TPSA) is 70.7 Å². The molecule has 138 valence electrons. The van der Waals surface area contributed by atoms with Gasteiger partial charge in [0.2, 0.25) is 0 Å². The zero-order valence-electron chi connectivity index (χ0n) is 15.1. The Labute approximate surface area is 156 Å². The number of H-pyrrole nitrogens is 1. The normalized spacial score (nSPS) is 16.0. The lowest BCUT2D eigenvalue weighted by atomic mass is 9.87. The Hall–Kier alpha value is -3.02. The van der Waals surface area contributed by atoms with Gasteiger partial charge in [-0.15, -0.1) is 0 Å². The fourth-order valence-corrected chi connectivity index (χ4v) is 3.54. The average Bonchev–Trinajstić information content (AvgIpc) is 2.68. The van der Waals surface area contributed by atoms with Crippen molar-refractivity contribution in [2.75, 3.05) is 5.32 Å². The van der Waals surface area contributed by atoms with Gasteiger partial charge in [-0.05, 0) is 61.1 Å². The van der Waals surface area contributed by atoms with Crippen LogP contribution in [0.5, 0.6) is 0 Å². The summed E-state index contributed by atoms with van der Waals surface area (Å²) >= 11 is 0. The Kier molecular flexibility index (Phi) is 4.71. The van der Waals surface area contributed by atoms with Gasteiger partial charge in [-0.3, -0.25) is 4.79 Å². The highest BCUT2D eigenvalue weighted by Crippen LogP contribution is 2.32. The lowest BCUT2D eigenvalue weighted by Crippen LogP contribution is -2.18. The third-order valence-corrected chi connectivity index (χ3v) is 4.94. The monoisotopic (exact) mass is 364 g/mol. The van der Waals surface area contributed by atoms with Crippen molar-refractivity contribution in [3.8, 4) is 11.4 Å². The molecule has 0 radical (unpaired) electrons. The molecule has 6 heteroatoms. The van der Waals surface area contributed by atoms with Crippen molar-refractivity contribution in [1.29, 1.82) is 0 Å². The number of nitrogens with zero attached hydrogens (tertiary/aromatic N) is 2. The Morgan fingerprint density at radius 2 is 2.15 bits per heavy atom. The van der Waals surface area contributed by atoms with E-state index in [-0.39, 0.29) is 17.4 Å². The van der Waals surface area contributed by atoms with E-state index < -0.39 is 0 Å². The van der Waals surface area contributed by atoms with E-state index in [4.69, 9.17) is 0 Å². The minimum Gasteiger partial charge on any atom is -0.363 e. The molecule has 3 aromatic rings. The molecule has 0 saturated heterocycles. The molecule has 27 heavy (non-hydrogen) atoms. The first-order valence-electron chi connectivity index (χ1n) is 9.24. The summed E-state index contributed by atoms with van der Waals surface area (Å²) in [6.07, 6.45) is 5.36. The first-order valence-corrected chi connectivity index (χ1v) is 9.24. The van der Waals surface area contributed by atoms with E-state index >= 15 is 0 Å². The molecule has 1 atom stereocenters. The van der Waals surface area contributed by atoms with Crippen molar-refractivity contribution in [2.24, 2.45) is 0 Å². The van der Waals surface area contributed by atoms with Crippen LogP contribution in [0.25, 0.3) is 11.4 Å². The third kappa shape index (κ3) is 3.74. The minimum absolute atomic E-state index is 0.0455. The van der Waals surface area contributed by atoms with E-state index in [0.29, 0.717) is 12.2 Å². The number of halogens is 1. The SMILES string of the molecule is CCc1cc(=O)[nH]c(-c2ccc(NC3CCCc4ccc(F)cc43)nc2)n1. The molecule has 0 spiro atoms. The maximum absolute atomic E-state index is 13.7. The molecule has 2 heterocycles. The second-order valence-corrected chi connectivity index (χ2v) is 6.80. The minimum atomic E-state index is -0.211. The van der Waals surface area contributed by atoms with E-state index in [1.165, 1.54) is 17.7 Å². The largest absolute Gasteiger partial charge is 0.363 e. The van der Waals surface area contributed by atoms with Crippen LogP contribution in [-0.2, 0) is 12.8 Å². The van der Waals surface area contributed by atoms with Crippen molar-refractivity contribution in [3.63, 3.8) is 0 Å². The number of hydrogen-bond acceptors (Lipinski definition) is 4. The highest BCUT2D eigenvalue weighted by molar-refractivity contribution is 5.56. The number of nitrogens with one attached hydrogen (secondary N) is 2. The highest BCUT2D eigenvalue weighted by Gasteiger charge is 2.21. The standard InChI is InChI=1S/C21H21FN4O/c1-2-16-11-20(27)26-21(24-16)14-7-9-19(23-12-14)25-18-5-3-4-13-6-8-15(22)10-17(13)18/h6-12,18H,2-5H2,1H3,(H,23,25)(H,24,26,27). The van der Waals surface area contributed by atoms with Crippen LogP contribution in [0.2, 0.25) is 0 Å². The Morgan fingerprint density at radius 3 is 2.93 bits per heavy atom. The first-order chi connectivity index (χ1) is 13.1. The summed E-state index contributed by atoms with van der Waals surface area (Å²) in [7, 11) is 0. The van der Waals surface area contributed by atoms with Gasteiger partial charge in [0.15, 0.2) is 0 Å². The van der Waals surface area contributed by atoms with Crippen molar-refractivity contribution in [3.05, 3.63) is 75.6 Å². The van der Waals surface area contributed by atoms with Crippen molar-refractivity contribution >= 4 is 5.82 Å². The predicted molar refractivity (Wildman–Crippen MR) is 103 cm³/mol. The van der Waals surface area contributed by atoms with Crippen molar-refractivity contribution in [1.82, 2.24) is 15.0 Å². The van der Waals surface area contributed by atoms with Crippen molar-refractivity contribution in [2.45, 2.75) is 38.6 Å². The van der Waals surface area contributed by atoms with Crippen LogP contribution in [0.4, 0.5) is 10.2 Å². The zero-order valence-corrected chi connectivity index (χ0v) is 15.1. The van der Waals surface area contributed by atoms with E-state index in [1.807, 2.05) is 25.1 Å². The number of anilines is 1. The number of aromatic amines is 1. The van der Waals surface area contributed by atoms with Crippen LogP contribution in [0.3, 0.4) is 0 Å². The van der Waals surface area contributed by atoms with E-state index in [0.717, 1.165) is 41.9 Å². The first kappa shape index (κ1) is 17.4. The van der Waals surface area contributed by atoms with Gasteiger partial charge < -0.3 is 10.3 Å². The second-order valence-electron chi connectivity index (χ2n) is 6.80. The second kappa shape index (κ2) is 7.31. The van der Waals surface area contributed by atoms with Crippen molar-refractivity contribution < 1.29 is 4.39 Å². The number of hydrogen-bond donors (Lipinski definition) is 2.